The third-order valence-corrected chi connectivity index (χ3v) is 2.40. The van der Waals surface area contributed by atoms with Crippen molar-refractivity contribution in [3.63, 3.8) is 0 Å². The van der Waals surface area contributed by atoms with Gasteiger partial charge < -0.3 is 9.84 Å². The van der Waals surface area contributed by atoms with Gasteiger partial charge in [0.05, 0.1) is 5.60 Å². The molecule has 86 valence electrons. The fraction of sp³-hybridized carbons (Fsp3) is 1.00. The average molecular weight is 202 g/mol. The van der Waals surface area contributed by atoms with Crippen molar-refractivity contribution < 1.29 is 9.84 Å². The Kier molecular flexibility index (Phi) is 8.20. The van der Waals surface area contributed by atoms with Crippen LogP contribution < -0.4 is 0 Å². The minimum atomic E-state index is 0.0473. The smallest absolute Gasteiger partial charge is 0.0626 e. The Morgan fingerprint density at radius 1 is 1.07 bits per heavy atom. The van der Waals surface area contributed by atoms with Crippen molar-refractivity contribution in [2.24, 2.45) is 0 Å². The van der Waals surface area contributed by atoms with E-state index in [2.05, 4.69) is 20.8 Å². The lowest BCUT2D eigenvalue weighted by atomic mass is 10.0. The second-order valence-electron chi connectivity index (χ2n) is 4.50. The van der Waals surface area contributed by atoms with Crippen LogP contribution in [0.25, 0.3) is 0 Å². The van der Waals surface area contributed by atoms with Gasteiger partial charge in [-0.15, -0.1) is 0 Å². The Bertz CT molecular complexity index is 121. The highest BCUT2D eigenvalue weighted by molar-refractivity contribution is 4.66. The van der Waals surface area contributed by atoms with E-state index < -0.39 is 0 Å². The Morgan fingerprint density at radius 2 is 1.71 bits per heavy atom. The number of ether oxygens (including phenoxy) is 1. The van der Waals surface area contributed by atoms with E-state index in [0.717, 1.165) is 32.3 Å². The normalized spacial score (nSPS) is 12.0. The van der Waals surface area contributed by atoms with Crippen LogP contribution in [-0.2, 0) is 4.74 Å². The number of hydrogen-bond acceptors (Lipinski definition) is 2. The van der Waals surface area contributed by atoms with Crippen molar-refractivity contribution in [3.8, 4) is 0 Å². The number of aliphatic hydroxyl groups is 1. The van der Waals surface area contributed by atoms with Crippen LogP contribution in [0.2, 0.25) is 0 Å². The lowest BCUT2D eigenvalue weighted by Crippen LogP contribution is -2.24. The zero-order chi connectivity index (χ0) is 10.9. The summed E-state index contributed by atoms with van der Waals surface area (Å²) in [6.45, 7) is 7.68. The summed E-state index contributed by atoms with van der Waals surface area (Å²) >= 11 is 0. The third-order valence-electron chi connectivity index (χ3n) is 2.40. The summed E-state index contributed by atoms with van der Waals surface area (Å²) < 4.78 is 5.79. The molecule has 0 fully saturated rings. The van der Waals surface area contributed by atoms with E-state index in [1.165, 1.54) is 12.8 Å². The SMILES string of the molecule is CCCC(C)(C)OCCCCCCO. The van der Waals surface area contributed by atoms with Gasteiger partial charge in [-0.2, -0.15) is 0 Å². The predicted octanol–water partition coefficient (Wildman–Crippen LogP) is 3.13. The van der Waals surface area contributed by atoms with Gasteiger partial charge in [0.2, 0.25) is 0 Å². The molecule has 0 aliphatic rings. The largest absolute Gasteiger partial charge is 0.396 e. The molecule has 0 rings (SSSR count). The molecule has 0 aliphatic carbocycles. The molecule has 0 atom stereocenters. The van der Waals surface area contributed by atoms with Crippen LogP contribution in [0.5, 0.6) is 0 Å². The lowest BCUT2D eigenvalue weighted by molar-refractivity contribution is -0.0255. The maximum Gasteiger partial charge on any atom is 0.0626 e. The van der Waals surface area contributed by atoms with Crippen LogP contribution in [0, 0.1) is 0 Å². The highest BCUT2D eigenvalue weighted by Crippen LogP contribution is 2.16. The molecule has 0 bridgehead atoms. The maximum atomic E-state index is 8.59. The molecular weight excluding hydrogens is 176 g/mol. The van der Waals surface area contributed by atoms with E-state index in [1.807, 2.05) is 0 Å². The summed E-state index contributed by atoms with van der Waals surface area (Å²) in [5.74, 6) is 0. The Balaban J connectivity index is 3.26. The van der Waals surface area contributed by atoms with Crippen LogP contribution in [0.3, 0.4) is 0 Å². The molecule has 2 nitrogen and oxygen atoms in total. The third kappa shape index (κ3) is 8.52. The van der Waals surface area contributed by atoms with Gasteiger partial charge in [-0.3, -0.25) is 0 Å². The monoisotopic (exact) mass is 202 g/mol. The van der Waals surface area contributed by atoms with Gasteiger partial charge >= 0.3 is 0 Å². The number of rotatable bonds is 9. The molecular formula is C12H26O2. The van der Waals surface area contributed by atoms with Gasteiger partial charge in [0.25, 0.3) is 0 Å². The van der Waals surface area contributed by atoms with Crippen molar-refractivity contribution in [2.75, 3.05) is 13.2 Å². The van der Waals surface area contributed by atoms with E-state index in [0.29, 0.717) is 6.61 Å². The molecule has 0 aromatic heterocycles. The topological polar surface area (TPSA) is 29.5 Å². The van der Waals surface area contributed by atoms with Gasteiger partial charge in [-0.1, -0.05) is 26.2 Å². The van der Waals surface area contributed by atoms with Crippen LogP contribution in [0.4, 0.5) is 0 Å². The highest BCUT2D eigenvalue weighted by Gasteiger charge is 2.15. The van der Waals surface area contributed by atoms with Crippen LogP contribution in [-0.4, -0.2) is 23.9 Å². The maximum absolute atomic E-state index is 8.59. The molecule has 0 aliphatic heterocycles. The predicted molar refractivity (Wildman–Crippen MR) is 60.5 cm³/mol. The van der Waals surface area contributed by atoms with Crippen molar-refractivity contribution in [2.45, 2.75) is 64.9 Å². The zero-order valence-corrected chi connectivity index (χ0v) is 10.0. The van der Waals surface area contributed by atoms with Gasteiger partial charge in [-0.25, -0.2) is 0 Å². The van der Waals surface area contributed by atoms with Crippen molar-refractivity contribution in [3.05, 3.63) is 0 Å². The van der Waals surface area contributed by atoms with Gasteiger partial charge in [0, 0.05) is 13.2 Å². The Labute approximate surface area is 88.7 Å². The molecule has 0 spiro atoms. The molecule has 14 heavy (non-hydrogen) atoms. The fourth-order valence-electron chi connectivity index (χ4n) is 1.59. The Morgan fingerprint density at radius 3 is 2.29 bits per heavy atom. The number of unbranched alkanes of at least 4 members (excludes halogenated alkanes) is 3. The second kappa shape index (κ2) is 8.25. The van der Waals surface area contributed by atoms with Crippen molar-refractivity contribution >= 4 is 0 Å². The lowest BCUT2D eigenvalue weighted by Gasteiger charge is -2.24. The van der Waals surface area contributed by atoms with Crippen LogP contribution >= 0.6 is 0 Å². The first-order chi connectivity index (χ1) is 6.62. The quantitative estimate of drug-likeness (QED) is 0.582. The van der Waals surface area contributed by atoms with E-state index >= 15 is 0 Å². The van der Waals surface area contributed by atoms with Gasteiger partial charge in [0.1, 0.15) is 0 Å². The molecule has 0 amide bonds. The summed E-state index contributed by atoms with van der Waals surface area (Å²) in [7, 11) is 0. The zero-order valence-electron chi connectivity index (χ0n) is 10.0. The van der Waals surface area contributed by atoms with Gasteiger partial charge in [-0.05, 0) is 33.1 Å². The van der Waals surface area contributed by atoms with Crippen molar-refractivity contribution in [1.82, 2.24) is 0 Å². The standard InChI is InChI=1S/C12H26O2/c1-4-9-12(2,3)14-11-8-6-5-7-10-13/h13H,4-11H2,1-3H3. The van der Waals surface area contributed by atoms with Crippen molar-refractivity contribution in [1.29, 1.82) is 0 Å². The van der Waals surface area contributed by atoms with E-state index in [-0.39, 0.29) is 5.60 Å². The second-order valence-corrected chi connectivity index (χ2v) is 4.50. The van der Waals surface area contributed by atoms with Gasteiger partial charge in [0.15, 0.2) is 0 Å². The summed E-state index contributed by atoms with van der Waals surface area (Å²) in [6, 6.07) is 0. The van der Waals surface area contributed by atoms with Crippen LogP contribution in [0.1, 0.15) is 59.3 Å². The van der Waals surface area contributed by atoms with E-state index in [1.54, 1.807) is 0 Å². The summed E-state index contributed by atoms with van der Waals surface area (Å²) in [4.78, 5) is 0. The molecule has 0 aromatic rings. The first-order valence-electron chi connectivity index (χ1n) is 5.87. The Hall–Kier alpha value is -0.0800. The molecule has 0 saturated heterocycles. The average Bonchev–Trinajstić information content (AvgIpc) is 2.11. The molecule has 0 unspecified atom stereocenters. The molecule has 1 N–H and O–H groups in total. The molecule has 0 radical (unpaired) electrons. The first kappa shape index (κ1) is 13.9. The number of aliphatic hydroxyl groups excluding tert-OH is 1. The summed E-state index contributed by atoms with van der Waals surface area (Å²) in [5, 5.41) is 8.59. The summed E-state index contributed by atoms with van der Waals surface area (Å²) in [6.07, 6.45) is 6.64. The fourth-order valence-corrected chi connectivity index (χ4v) is 1.59. The molecule has 2 heteroatoms. The minimum absolute atomic E-state index is 0.0473. The molecule has 0 heterocycles. The minimum Gasteiger partial charge on any atom is -0.396 e. The highest BCUT2D eigenvalue weighted by atomic mass is 16.5. The molecule has 0 saturated carbocycles. The van der Waals surface area contributed by atoms with Crippen LogP contribution in [0.15, 0.2) is 0 Å². The number of hydrogen-bond donors (Lipinski definition) is 1. The van der Waals surface area contributed by atoms with E-state index in [9.17, 15) is 0 Å². The van der Waals surface area contributed by atoms with E-state index in [4.69, 9.17) is 9.84 Å². The summed E-state index contributed by atoms with van der Waals surface area (Å²) in [5.41, 5.74) is 0.0473. The first-order valence-corrected chi connectivity index (χ1v) is 5.87. The molecule has 0 aromatic carbocycles.